The van der Waals surface area contributed by atoms with Gasteiger partial charge in [0.05, 0.1) is 12.0 Å². The second kappa shape index (κ2) is 7.59. The largest absolute Gasteiger partial charge is 0.486 e. The van der Waals surface area contributed by atoms with Crippen molar-refractivity contribution in [2.24, 2.45) is 0 Å². The molecule has 2 aromatic carbocycles. The van der Waals surface area contributed by atoms with Crippen molar-refractivity contribution in [2.75, 3.05) is 13.1 Å². The number of ketones is 1. The van der Waals surface area contributed by atoms with E-state index in [0.717, 1.165) is 11.1 Å². The molecule has 1 saturated heterocycles. The molecule has 0 atom stereocenters. The quantitative estimate of drug-likeness (QED) is 0.558. The number of carbonyl (C=O) groups is 3. The van der Waals surface area contributed by atoms with Crippen LogP contribution in [-0.4, -0.2) is 41.3 Å². The van der Waals surface area contributed by atoms with Gasteiger partial charge in [0.1, 0.15) is 17.1 Å². The zero-order valence-electron chi connectivity index (χ0n) is 17.5. The summed E-state index contributed by atoms with van der Waals surface area (Å²) in [6.45, 7) is 6.33. The van der Waals surface area contributed by atoms with Gasteiger partial charge in [0.2, 0.25) is 0 Å². The zero-order valence-corrected chi connectivity index (χ0v) is 17.5. The summed E-state index contributed by atoms with van der Waals surface area (Å²) in [6, 6.07) is 10.5. The average molecular weight is 407 g/mol. The fraction of sp³-hybridized carbons (Fsp3) is 0.375. The molecule has 2 aliphatic heterocycles. The third-order valence-electron chi connectivity index (χ3n) is 5.86. The zero-order chi connectivity index (χ0) is 21.5. The Morgan fingerprint density at radius 3 is 2.37 bits per heavy atom. The molecule has 6 heteroatoms. The smallest absolute Gasteiger partial charge is 0.308 e. The number of fused-ring (bicyclic) bond motifs is 1. The van der Waals surface area contributed by atoms with E-state index in [4.69, 9.17) is 9.47 Å². The normalized spacial score (nSPS) is 17.3. The van der Waals surface area contributed by atoms with Crippen molar-refractivity contribution in [3.8, 4) is 11.5 Å². The van der Waals surface area contributed by atoms with Crippen molar-refractivity contribution in [3.63, 3.8) is 0 Å². The van der Waals surface area contributed by atoms with E-state index >= 15 is 0 Å². The molecule has 156 valence electrons. The predicted molar refractivity (Wildman–Crippen MR) is 111 cm³/mol. The fourth-order valence-corrected chi connectivity index (χ4v) is 4.43. The molecule has 2 aliphatic rings. The Balaban J connectivity index is 1.45. The molecule has 1 fully saturated rings. The summed E-state index contributed by atoms with van der Waals surface area (Å²) in [7, 11) is 0. The highest BCUT2D eigenvalue weighted by Crippen LogP contribution is 2.41. The lowest BCUT2D eigenvalue weighted by Crippen LogP contribution is -2.52. The van der Waals surface area contributed by atoms with E-state index in [2.05, 4.69) is 0 Å². The molecule has 30 heavy (non-hydrogen) atoms. The molecule has 0 aliphatic carbocycles. The maximum absolute atomic E-state index is 12.9. The number of carbonyl (C=O) groups excluding carboxylic acids is 3. The maximum Gasteiger partial charge on any atom is 0.308 e. The molecule has 6 nitrogen and oxygen atoms in total. The number of rotatable bonds is 2. The van der Waals surface area contributed by atoms with Crippen LogP contribution < -0.4 is 9.47 Å². The SMILES string of the molecule is CC(=O)Oc1ccc(C(=O)N2CCC3(CC2)CC(=O)c2c(C)cc(C)cc2O3)cc1. The third-order valence-corrected chi connectivity index (χ3v) is 5.86. The Kier molecular flexibility index (Phi) is 5.10. The van der Waals surface area contributed by atoms with Gasteiger partial charge in [0.25, 0.3) is 5.91 Å². The lowest BCUT2D eigenvalue weighted by Gasteiger charge is -2.44. The number of likely N-dealkylation sites (tertiary alicyclic amines) is 1. The highest BCUT2D eigenvalue weighted by atomic mass is 16.5. The van der Waals surface area contributed by atoms with Crippen LogP contribution in [0.3, 0.4) is 0 Å². The van der Waals surface area contributed by atoms with Gasteiger partial charge in [-0.25, -0.2) is 0 Å². The highest BCUT2D eigenvalue weighted by molar-refractivity contribution is 6.02. The molecule has 0 unspecified atom stereocenters. The Bertz CT molecular complexity index is 1020. The molecular weight excluding hydrogens is 382 g/mol. The molecule has 0 aromatic heterocycles. The Hall–Kier alpha value is -3.15. The number of esters is 1. The number of piperidine rings is 1. The summed E-state index contributed by atoms with van der Waals surface area (Å²) in [6.07, 6.45) is 1.58. The van der Waals surface area contributed by atoms with Crippen molar-refractivity contribution in [3.05, 3.63) is 58.7 Å². The van der Waals surface area contributed by atoms with Gasteiger partial charge in [-0.2, -0.15) is 0 Å². The van der Waals surface area contributed by atoms with Crippen LogP contribution in [0, 0.1) is 13.8 Å². The molecule has 0 saturated carbocycles. The molecule has 4 rings (SSSR count). The number of ether oxygens (including phenoxy) is 2. The Morgan fingerprint density at radius 1 is 1.07 bits per heavy atom. The number of Topliss-reactive ketones (excluding diaryl/α,β-unsaturated/α-hetero) is 1. The minimum atomic E-state index is -0.541. The van der Waals surface area contributed by atoms with E-state index in [9.17, 15) is 14.4 Å². The molecule has 2 heterocycles. The standard InChI is InChI=1S/C24H25NO5/c1-15-12-16(2)22-20(27)14-24(30-21(22)13-15)8-10-25(11-9-24)23(28)18-4-6-19(7-5-18)29-17(3)26/h4-7,12-13H,8-11,14H2,1-3H3. The molecule has 0 radical (unpaired) electrons. The molecule has 0 N–H and O–H groups in total. The minimum absolute atomic E-state index is 0.0755. The van der Waals surface area contributed by atoms with Crippen LogP contribution in [0.1, 0.15) is 58.0 Å². The van der Waals surface area contributed by atoms with Crippen LogP contribution in [0.15, 0.2) is 36.4 Å². The van der Waals surface area contributed by atoms with Crippen LogP contribution in [0.25, 0.3) is 0 Å². The van der Waals surface area contributed by atoms with Gasteiger partial charge in [-0.15, -0.1) is 0 Å². The predicted octanol–water partition coefficient (Wildman–Crippen LogP) is 3.87. The van der Waals surface area contributed by atoms with E-state index in [-0.39, 0.29) is 11.7 Å². The van der Waals surface area contributed by atoms with Gasteiger partial charge in [-0.1, -0.05) is 6.07 Å². The second-order valence-electron chi connectivity index (χ2n) is 8.25. The van der Waals surface area contributed by atoms with Crippen molar-refractivity contribution >= 4 is 17.7 Å². The van der Waals surface area contributed by atoms with E-state index in [1.807, 2.05) is 26.0 Å². The summed E-state index contributed by atoms with van der Waals surface area (Å²) in [4.78, 5) is 38.5. The van der Waals surface area contributed by atoms with Gasteiger partial charge in [-0.05, 0) is 55.3 Å². The van der Waals surface area contributed by atoms with Crippen molar-refractivity contribution in [2.45, 2.75) is 45.6 Å². The summed E-state index contributed by atoms with van der Waals surface area (Å²) >= 11 is 0. The number of aryl methyl sites for hydroxylation is 2. The van der Waals surface area contributed by atoms with Crippen LogP contribution in [-0.2, 0) is 4.79 Å². The van der Waals surface area contributed by atoms with Crippen LogP contribution in [0.2, 0.25) is 0 Å². The first-order valence-electron chi connectivity index (χ1n) is 10.2. The third kappa shape index (κ3) is 3.82. The number of hydrogen-bond donors (Lipinski definition) is 0. The maximum atomic E-state index is 12.9. The van der Waals surface area contributed by atoms with E-state index < -0.39 is 11.6 Å². The summed E-state index contributed by atoms with van der Waals surface area (Å²) in [5.41, 5.74) is 2.72. The number of hydrogen-bond acceptors (Lipinski definition) is 5. The molecule has 2 aromatic rings. The van der Waals surface area contributed by atoms with E-state index in [1.54, 1.807) is 29.2 Å². The van der Waals surface area contributed by atoms with Crippen LogP contribution >= 0.6 is 0 Å². The first kappa shape index (κ1) is 20.1. The fourth-order valence-electron chi connectivity index (χ4n) is 4.43. The lowest BCUT2D eigenvalue weighted by molar-refractivity contribution is -0.131. The van der Waals surface area contributed by atoms with E-state index in [0.29, 0.717) is 55.0 Å². The summed E-state index contributed by atoms with van der Waals surface area (Å²) in [5, 5.41) is 0. The van der Waals surface area contributed by atoms with Gasteiger partial charge >= 0.3 is 5.97 Å². The van der Waals surface area contributed by atoms with Crippen LogP contribution in [0.4, 0.5) is 0 Å². The van der Waals surface area contributed by atoms with E-state index in [1.165, 1.54) is 6.92 Å². The first-order valence-corrected chi connectivity index (χ1v) is 10.2. The number of nitrogens with zero attached hydrogens (tertiary/aromatic N) is 1. The highest BCUT2D eigenvalue weighted by Gasteiger charge is 2.44. The molecule has 1 amide bonds. The molecular formula is C24H25NO5. The van der Waals surface area contributed by atoms with Gasteiger partial charge in [0, 0.05) is 38.4 Å². The van der Waals surface area contributed by atoms with Crippen molar-refractivity contribution in [1.29, 1.82) is 0 Å². The lowest BCUT2D eigenvalue weighted by atomic mass is 9.81. The van der Waals surface area contributed by atoms with Crippen molar-refractivity contribution in [1.82, 2.24) is 4.90 Å². The monoisotopic (exact) mass is 407 g/mol. The summed E-state index contributed by atoms with van der Waals surface area (Å²) < 4.78 is 11.4. The molecule has 0 bridgehead atoms. The second-order valence-corrected chi connectivity index (χ2v) is 8.25. The number of benzene rings is 2. The topological polar surface area (TPSA) is 72.9 Å². The van der Waals surface area contributed by atoms with Crippen LogP contribution in [0.5, 0.6) is 11.5 Å². The van der Waals surface area contributed by atoms with Crippen molar-refractivity contribution < 1.29 is 23.9 Å². The Morgan fingerprint density at radius 2 is 1.73 bits per heavy atom. The molecule has 1 spiro atoms. The minimum Gasteiger partial charge on any atom is -0.486 e. The summed E-state index contributed by atoms with van der Waals surface area (Å²) in [5.74, 6) is 0.729. The van der Waals surface area contributed by atoms with Gasteiger partial charge in [0.15, 0.2) is 5.78 Å². The van der Waals surface area contributed by atoms with Gasteiger partial charge in [-0.3, -0.25) is 14.4 Å². The van der Waals surface area contributed by atoms with Gasteiger partial charge < -0.3 is 14.4 Å². The Labute approximate surface area is 175 Å². The first-order chi connectivity index (χ1) is 14.3. The number of amides is 1. The average Bonchev–Trinajstić information content (AvgIpc) is 2.67.